The van der Waals surface area contributed by atoms with Crippen LogP contribution in [0, 0.1) is 6.92 Å². The largest absolute Gasteiger partial charge is 0.489 e. The van der Waals surface area contributed by atoms with Gasteiger partial charge in [-0.3, -0.25) is 0 Å². The highest BCUT2D eigenvalue weighted by atomic mass is 32.2. The average molecular weight is 578 g/mol. The van der Waals surface area contributed by atoms with Gasteiger partial charge < -0.3 is 24.1 Å². The number of amides is 1. The Hall–Kier alpha value is -3.63. The van der Waals surface area contributed by atoms with Gasteiger partial charge in [0.05, 0.1) is 28.8 Å². The fourth-order valence-electron chi connectivity index (χ4n) is 5.23. The summed E-state index contributed by atoms with van der Waals surface area (Å²) in [5.74, 6) is 0.624. The number of fused-ring (bicyclic) bond motifs is 3. The lowest BCUT2D eigenvalue weighted by Gasteiger charge is -2.34. The van der Waals surface area contributed by atoms with Crippen LogP contribution in [-0.2, 0) is 19.3 Å². The van der Waals surface area contributed by atoms with Gasteiger partial charge >= 0.3 is 6.09 Å². The van der Waals surface area contributed by atoms with E-state index in [1.165, 1.54) is 0 Å². The Kier molecular flexibility index (Phi) is 6.94. The van der Waals surface area contributed by atoms with Crippen molar-refractivity contribution in [2.45, 2.75) is 62.4 Å². The van der Waals surface area contributed by atoms with Crippen LogP contribution in [-0.4, -0.2) is 72.6 Å². The number of rotatable bonds is 6. The molecule has 216 valence electrons. The number of benzene rings is 2. The monoisotopic (exact) mass is 577 g/mol. The number of H-pyrrole nitrogens is 1. The van der Waals surface area contributed by atoms with Crippen molar-refractivity contribution in [3.63, 3.8) is 0 Å². The van der Waals surface area contributed by atoms with E-state index in [-0.39, 0.29) is 24.1 Å². The maximum atomic E-state index is 13.0. The Balaban J connectivity index is 1.32. The molecule has 0 spiro atoms. The maximum absolute atomic E-state index is 13.0. The number of carbonyl (C=O) groups excluding carboxylic acids is 1. The number of aromatic nitrogens is 2. The van der Waals surface area contributed by atoms with E-state index in [0.29, 0.717) is 30.3 Å². The molecule has 9 nitrogen and oxygen atoms in total. The standard InChI is InChI=1S/C31H35N3O6S/c1-19-14-25-27-24(20-6-5-7-23(15-20)41(36,37)22-8-9-22)10-11-26(28(27)33-29(25)32-16-19)39-18-21-17-34(12-13-38-21)30(35)40-31(2,3)4/h5-7,10-11,14-16,21-22H,8-9,12-13,17-18H2,1-4H3,(H,32,33)/t21-/m0/s1. The van der Waals surface area contributed by atoms with Crippen LogP contribution in [0.1, 0.15) is 39.2 Å². The Morgan fingerprint density at radius 2 is 1.98 bits per heavy atom. The number of nitrogens with one attached hydrogen (secondary N) is 1. The van der Waals surface area contributed by atoms with E-state index in [0.717, 1.165) is 51.5 Å². The second-order valence-electron chi connectivity index (χ2n) is 11.9. The third kappa shape index (κ3) is 5.63. The molecular weight excluding hydrogens is 542 g/mol. The number of carbonyl (C=O) groups is 1. The highest BCUT2D eigenvalue weighted by Crippen LogP contribution is 2.41. The smallest absolute Gasteiger partial charge is 0.410 e. The van der Waals surface area contributed by atoms with Crippen molar-refractivity contribution < 1.29 is 27.4 Å². The predicted molar refractivity (Wildman–Crippen MR) is 157 cm³/mol. The first-order valence-corrected chi connectivity index (χ1v) is 15.5. The summed E-state index contributed by atoms with van der Waals surface area (Å²) >= 11 is 0. The summed E-state index contributed by atoms with van der Waals surface area (Å²) in [6.07, 6.45) is 2.56. The van der Waals surface area contributed by atoms with Crippen LogP contribution in [0.4, 0.5) is 4.79 Å². The van der Waals surface area contributed by atoms with Crippen LogP contribution in [0.5, 0.6) is 5.75 Å². The van der Waals surface area contributed by atoms with Gasteiger partial charge in [0.15, 0.2) is 9.84 Å². The molecular formula is C31H35N3O6S. The Bertz CT molecular complexity index is 1740. The summed E-state index contributed by atoms with van der Waals surface area (Å²) in [6.45, 7) is 9.01. The zero-order valence-corrected chi connectivity index (χ0v) is 24.6. The number of hydrogen-bond acceptors (Lipinski definition) is 7. The summed E-state index contributed by atoms with van der Waals surface area (Å²) in [6, 6.07) is 13.1. The molecule has 3 heterocycles. The molecule has 0 unspecified atom stereocenters. The number of aryl methyl sites for hydroxylation is 1. The molecule has 2 aromatic carbocycles. The first kappa shape index (κ1) is 27.5. The quantitative estimate of drug-likeness (QED) is 0.316. The van der Waals surface area contributed by atoms with Gasteiger partial charge in [0.1, 0.15) is 29.7 Å². The van der Waals surface area contributed by atoms with Crippen LogP contribution in [0.3, 0.4) is 0 Å². The fourth-order valence-corrected chi connectivity index (χ4v) is 6.93. The van der Waals surface area contributed by atoms with Gasteiger partial charge in [-0.25, -0.2) is 18.2 Å². The van der Waals surface area contributed by atoms with Crippen LogP contribution in [0.2, 0.25) is 0 Å². The molecule has 1 aliphatic carbocycles. The van der Waals surface area contributed by atoms with Crippen LogP contribution >= 0.6 is 0 Å². The van der Waals surface area contributed by atoms with Crippen molar-refractivity contribution in [3.05, 3.63) is 54.2 Å². The number of morpholine rings is 1. The van der Waals surface area contributed by atoms with Gasteiger partial charge in [-0.2, -0.15) is 0 Å². The van der Waals surface area contributed by atoms with E-state index < -0.39 is 15.4 Å². The zero-order chi connectivity index (χ0) is 28.9. The number of pyridine rings is 1. The normalized spacial score (nSPS) is 18.1. The minimum Gasteiger partial charge on any atom is -0.489 e. The van der Waals surface area contributed by atoms with E-state index in [2.05, 4.69) is 16.0 Å². The second-order valence-corrected chi connectivity index (χ2v) is 14.1. The van der Waals surface area contributed by atoms with Crippen molar-refractivity contribution >= 4 is 37.9 Å². The summed E-state index contributed by atoms with van der Waals surface area (Å²) in [7, 11) is -3.33. The molecule has 0 bridgehead atoms. The highest BCUT2D eigenvalue weighted by molar-refractivity contribution is 7.92. The van der Waals surface area contributed by atoms with Gasteiger partial charge in [-0.1, -0.05) is 12.1 Å². The molecule has 2 aliphatic rings. The molecule has 0 radical (unpaired) electrons. The first-order valence-electron chi connectivity index (χ1n) is 14.0. The Morgan fingerprint density at radius 3 is 2.73 bits per heavy atom. The van der Waals surface area contributed by atoms with Crippen molar-refractivity contribution in [1.82, 2.24) is 14.9 Å². The van der Waals surface area contributed by atoms with Crippen LogP contribution < -0.4 is 4.74 Å². The van der Waals surface area contributed by atoms with Crippen molar-refractivity contribution in [1.29, 1.82) is 0 Å². The Morgan fingerprint density at radius 1 is 1.17 bits per heavy atom. The Labute approximate surface area is 239 Å². The number of ether oxygens (including phenoxy) is 3. The van der Waals surface area contributed by atoms with Crippen molar-refractivity contribution in [3.8, 4) is 16.9 Å². The molecule has 2 fully saturated rings. The third-order valence-corrected chi connectivity index (χ3v) is 9.62. The second kappa shape index (κ2) is 10.3. The minimum absolute atomic E-state index is 0.241. The number of hydrogen-bond donors (Lipinski definition) is 1. The summed E-state index contributed by atoms with van der Waals surface area (Å²) < 4.78 is 43.7. The molecule has 6 rings (SSSR count). The van der Waals surface area contributed by atoms with Crippen molar-refractivity contribution in [2.24, 2.45) is 0 Å². The minimum atomic E-state index is -3.33. The highest BCUT2D eigenvalue weighted by Gasteiger charge is 2.37. The number of nitrogens with zero attached hydrogens (tertiary/aromatic N) is 2. The van der Waals surface area contributed by atoms with Gasteiger partial charge in [-0.05, 0) is 87.6 Å². The van der Waals surface area contributed by atoms with E-state index in [4.69, 9.17) is 14.2 Å². The molecule has 1 saturated heterocycles. The third-order valence-electron chi connectivity index (χ3n) is 7.36. The fraction of sp³-hybridized carbons (Fsp3) is 0.419. The molecule has 1 saturated carbocycles. The average Bonchev–Trinajstić information content (AvgIpc) is 3.73. The van der Waals surface area contributed by atoms with Crippen molar-refractivity contribution in [2.75, 3.05) is 26.3 Å². The van der Waals surface area contributed by atoms with E-state index >= 15 is 0 Å². The first-order chi connectivity index (χ1) is 19.5. The van der Waals surface area contributed by atoms with Gasteiger partial charge in [-0.15, -0.1) is 0 Å². The topological polar surface area (TPSA) is 111 Å². The molecule has 41 heavy (non-hydrogen) atoms. The van der Waals surface area contributed by atoms with Crippen LogP contribution in [0.25, 0.3) is 33.1 Å². The van der Waals surface area contributed by atoms with Gasteiger partial charge in [0.25, 0.3) is 0 Å². The zero-order valence-electron chi connectivity index (χ0n) is 23.8. The molecule has 1 aliphatic heterocycles. The predicted octanol–water partition coefficient (Wildman–Crippen LogP) is 5.64. The number of sulfone groups is 1. The SMILES string of the molecule is Cc1cnc2[nH]c3c(OC[C@@H]4CN(C(=O)OC(C)(C)C)CCO4)ccc(-c4cccc(S(=O)(=O)C5CC5)c4)c3c2c1. The molecule has 1 atom stereocenters. The van der Waals surface area contributed by atoms with E-state index in [1.54, 1.807) is 23.1 Å². The molecule has 4 aromatic rings. The molecule has 2 aromatic heterocycles. The number of aromatic amines is 1. The molecule has 1 N–H and O–H groups in total. The summed E-state index contributed by atoms with van der Waals surface area (Å²) in [5, 5.41) is 1.57. The maximum Gasteiger partial charge on any atom is 0.410 e. The van der Waals surface area contributed by atoms with Gasteiger partial charge in [0, 0.05) is 23.5 Å². The summed E-state index contributed by atoms with van der Waals surface area (Å²) in [4.78, 5) is 22.6. The van der Waals surface area contributed by atoms with Crippen LogP contribution in [0.15, 0.2) is 53.6 Å². The lowest BCUT2D eigenvalue weighted by Crippen LogP contribution is -2.49. The van der Waals surface area contributed by atoms with E-state index in [1.807, 2.05) is 52.1 Å². The molecule has 10 heteroatoms. The molecule has 1 amide bonds. The summed E-state index contributed by atoms with van der Waals surface area (Å²) in [5.41, 5.74) is 3.63. The lowest BCUT2D eigenvalue weighted by atomic mass is 9.99. The lowest BCUT2D eigenvalue weighted by molar-refractivity contribution is -0.0555. The van der Waals surface area contributed by atoms with E-state index in [9.17, 15) is 13.2 Å². The van der Waals surface area contributed by atoms with Gasteiger partial charge in [0.2, 0.25) is 0 Å².